The van der Waals surface area contributed by atoms with Crippen molar-refractivity contribution in [3.63, 3.8) is 0 Å². The number of hydrogen-bond acceptors (Lipinski definition) is 3. The number of carbonyl (C=O) groups excluding carboxylic acids is 1. The summed E-state index contributed by atoms with van der Waals surface area (Å²) >= 11 is 0. The highest BCUT2D eigenvalue weighted by molar-refractivity contribution is 6.59. The van der Waals surface area contributed by atoms with Gasteiger partial charge in [-0.3, -0.25) is 0 Å². The first-order valence-electron chi connectivity index (χ1n) is 7.32. The zero-order valence-electron chi connectivity index (χ0n) is 12.9. The van der Waals surface area contributed by atoms with Gasteiger partial charge in [0.05, 0.1) is 0 Å². The van der Waals surface area contributed by atoms with E-state index >= 15 is 0 Å². The first-order chi connectivity index (χ1) is 9.47. The number of halogens is 1. The molecule has 0 spiro atoms. The molecule has 0 saturated heterocycles. The molecule has 0 saturated carbocycles. The second-order valence-electron chi connectivity index (χ2n) is 5.02. The number of carbonyl (C=O) groups is 1. The third-order valence-corrected chi connectivity index (χ3v) is 5.51. The lowest BCUT2D eigenvalue weighted by Gasteiger charge is -2.22. The lowest BCUT2D eigenvalue weighted by Crippen LogP contribution is -2.41. The largest absolute Gasteiger partial charge is 0.539 e. The van der Waals surface area contributed by atoms with E-state index in [4.69, 9.17) is 14.6 Å². The van der Waals surface area contributed by atoms with Crippen LogP contribution in [0.3, 0.4) is 0 Å². The standard InChI is InChI=1S/C13H29FN2O3Si/c1-4-5-6-7-8-9-12(16-13(15)17)10-11-20(14,18-2)19-3/h12H,4-11H2,1-3H3,(H3,15,16,17). The predicted octanol–water partition coefficient (Wildman–Crippen LogP) is 2.98. The summed E-state index contributed by atoms with van der Waals surface area (Å²) in [5.74, 6) is 0. The summed E-state index contributed by atoms with van der Waals surface area (Å²) in [5.41, 5.74) is 5.15. The summed E-state index contributed by atoms with van der Waals surface area (Å²) in [7, 11) is -0.931. The van der Waals surface area contributed by atoms with E-state index in [2.05, 4.69) is 12.2 Å². The minimum absolute atomic E-state index is 0.109. The second kappa shape index (κ2) is 11.0. The van der Waals surface area contributed by atoms with Crippen LogP contribution in [0.15, 0.2) is 0 Å². The van der Waals surface area contributed by atoms with E-state index in [1.165, 1.54) is 33.5 Å². The summed E-state index contributed by atoms with van der Waals surface area (Å²) in [6.45, 7) is 2.17. The van der Waals surface area contributed by atoms with Crippen molar-refractivity contribution < 1.29 is 17.8 Å². The fourth-order valence-electron chi connectivity index (χ4n) is 2.12. The Morgan fingerprint density at radius 1 is 1.20 bits per heavy atom. The normalized spacial score (nSPS) is 13.2. The average molecular weight is 308 g/mol. The van der Waals surface area contributed by atoms with Crippen LogP contribution < -0.4 is 11.1 Å². The molecule has 120 valence electrons. The van der Waals surface area contributed by atoms with Crippen molar-refractivity contribution in [3.8, 4) is 0 Å². The number of urea groups is 1. The molecule has 0 rings (SSSR count). The number of nitrogens with one attached hydrogen (secondary N) is 1. The summed E-state index contributed by atoms with van der Waals surface area (Å²) in [4.78, 5) is 11.0. The van der Waals surface area contributed by atoms with Gasteiger partial charge in [-0.2, -0.15) is 0 Å². The maximum Gasteiger partial charge on any atom is 0.539 e. The van der Waals surface area contributed by atoms with Crippen molar-refractivity contribution in [2.24, 2.45) is 5.73 Å². The van der Waals surface area contributed by atoms with E-state index in [0.717, 1.165) is 19.3 Å². The molecule has 0 bridgehead atoms. The van der Waals surface area contributed by atoms with E-state index in [1.807, 2.05) is 0 Å². The SMILES string of the molecule is CCCCCCCC(CC[Si](F)(OC)OC)NC(N)=O. The van der Waals surface area contributed by atoms with Crippen molar-refractivity contribution in [2.45, 2.75) is 64.0 Å². The van der Waals surface area contributed by atoms with Gasteiger partial charge in [0.2, 0.25) is 0 Å². The molecule has 0 aliphatic carbocycles. The van der Waals surface area contributed by atoms with Crippen LogP contribution in [0.5, 0.6) is 0 Å². The van der Waals surface area contributed by atoms with Gasteiger partial charge in [0.1, 0.15) is 0 Å². The maximum atomic E-state index is 14.0. The molecular formula is C13H29FN2O3Si. The van der Waals surface area contributed by atoms with Gasteiger partial charge in [0, 0.05) is 26.3 Å². The van der Waals surface area contributed by atoms with E-state index in [0.29, 0.717) is 6.42 Å². The average Bonchev–Trinajstić information content (AvgIpc) is 2.43. The molecule has 1 unspecified atom stereocenters. The number of primary amides is 1. The molecule has 7 heteroatoms. The maximum absolute atomic E-state index is 14.0. The first-order valence-corrected chi connectivity index (χ1v) is 9.22. The van der Waals surface area contributed by atoms with E-state index < -0.39 is 14.9 Å². The summed E-state index contributed by atoms with van der Waals surface area (Å²) in [6.07, 6.45) is 7.04. The van der Waals surface area contributed by atoms with Crippen molar-refractivity contribution in [3.05, 3.63) is 0 Å². The molecular weight excluding hydrogens is 279 g/mol. The minimum Gasteiger partial charge on any atom is -0.374 e. The molecule has 0 aromatic rings. The molecule has 1 atom stereocenters. The van der Waals surface area contributed by atoms with Gasteiger partial charge in [-0.15, -0.1) is 0 Å². The van der Waals surface area contributed by atoms with Gasteiger partial charge in [0.25, 0.3) is 0 Å². The lowest BCUT2D eigenvalue weighted by molar-refractivity contribution is 0.189. The summed E-state index contributed by atoms with van der Waals surface area (Å²) in [6, 6.07) is -0.480. The van der Waals surface area contributed by atoms with Crippen molar-refractivity contribution >= 4 is 14.9 Å². The van der Waals surface area contributed by atoms with Crippen molar-refractivity contribution in [1.82, 2.24) is 5.32 Å². The summed E-state index contributed by atoms with van der Waals surface area (Å²) in [5, 5.41) is 2.67. The molecule has 5 nitrogen and oxygen atoms in total. The third-order valence-electron chi connectivity index (χ3n) is 3.40. The molecule has 0 aromatic carbocycles. The topological polar surface area (TPSA) is 73.6 Å². The van der Waals surface area contributed by atoms with E-state index in [-0.39, 0.29) is 12.1 Å². The fraction of sp³-hybridized carbons (Fsp3) is 0.923. The molecule has 0 aliphatic heterocycles. The Kier molecular flexibility index (Phi) is 10.7. The van der Waals surface area contributed by atoms with Crippen molar-refractivity contribution in [2.75, 3.05) is 14.2 Å². The Labute approximate surface area is 122 Å². The number of hydrogen-bond donors (Lipinski definition) is 2. The first kappa shape index (κ1) is 19.3. The smallest absolute Gasteiger partial charge is 0.374 e. The van der Waals surface area contributed by atoms with Gasteiger partial charge < -0.3 is 19.9 Å². The van der Waals surface area contributed by atoms with E-state index in [1.54, 1.807) is 0 Å². The van der Waals surface area contributed by atoms with Crippen LogP contribution in [0, 0.1) is 0 Å². The lowest BCUT2D eigenvalue weighted by atomic mass is 10.0. The highest BCUT2D eigenvalue weighted by Crippen LogP contribution is 2.19. The fourth-order valence-corrected chi connectivity index (χ4v) is 3.39. The second-order valence-corrected chi connectivity index (χ2v) is 7.65. The number of amides is 2. The van der Waals surface area contributed by atoms with E-state index in [9.17, 15) is 8.90 Å². The van der Waals surface area contributed by atoms with Crippen LogP contribution >= 0.6 is 0 Å². The van der Waals surface area contributed by atoms with Crippen LogP contribution in [0.4, 0.5) is 8.90 Å². The quantitative estimate of drug-likeness (QED) is 0.331. The Bertz CT molecular complexity index is 266. The highest BCUT2D eigenvalue weighted by atomic mass is 28.4. The summed E-state index contributed by atoms with van der Waals surface area (Å²) < 4.78 is 23.6. The van der Waals surface area contributed by atoms with Crippen LogP contribution in [-0.4, -0.2) is 35.2 Å². The predicted molar refractivity (Wildman–Crippen MR) is 80.2 cm³/mol. The number of unbranched alkanes of at least 4 members (excludes halogenated alkanes) is 4. The van der Waals surface area contributed by atoms with Gasteiger partial charge in [-0.05, 0) is 12.8 Å². The van der Waals surface area contributed by atoms with Crippen LogP contribution in [0.25, 0.3) is 0 Å². The van der Waals surface area contributed by atoms with Gasteiger partial charge in [-0.25, -0.2) is 8.90 Å². The Balaban J connectivity index is 4.11. The molecule has 2 amide bonds. The van der Waals surface area contributed by atoms with Gasteiger partial charge in [-0.1, -0.05) is 39.0 Å². The van der Waals surface area contributed by atoms with Crippen LogP contribution in [-0.2, 0) is 8.85 Å². The van der Waals surface area contributed by atoms with Gasteiger partial charge >= 0.3 is 14.9 Å². The molecule has 0 aromatic heterocycles. The zero-order chi connectivity index (χ0) is 15.4. The molecule has 3 N–H and O–H groups in total. The zero-order valence-corrected chi connectivity index (χ0v) is 13.9. The van der Waals surface area contributed by atoms with Crippen LogP contribution in [0.1, 0.15) is 51.9 Å². The minimum atomic E-state index is -3.56. The molecule has 0 aliphatic rings. The molecule has 0 radical (unpaired) electrons. The van der Waals surface area contributed by atoms with Gasteiger partial charge in [0.15, 0.2) is 0 Å². The molecule has 0 fully saturated rings. The Morgan fingerprint density at radius 2 is 1.80 bits per heavy atom. The Morgan fingerprint density at radius 3 is 2.30 bits per heavy atom. The van der Waals surface area contributed by atoms with Crippen molar-refractivity contribution in [1.29, 1.82) is 0 Å². The molecule has 20 heavy (non-hydrogen) atoms. The van der Waals surface area contributed by atoms with Crippen LogP contribution in [0.2, 0.25) is 6.04 Å². The highest BCUT2D eigenvalue weighted by Gasteiger charge is 2.37. The number of nitrogens with two attached hydrogens (primary N) is 1. The monoisotopic (exact) mass is 308 g/mol. The third kappa shape index (κ3) is 9.27. The Hall–Kier alpha value is -0.663. The number of rotatable bonds is 12. The molecule has 0 heterocycles.